The minimum atomic E-state index is -3.40. The highest BCUT2D eigenvalue weighted by molar-refractivity contribution is 7.91. The molecular weight excluding hydrogens is 278 g/mol. The molecule has 1 rings (SSSR count). The molecule has 0 N–H and O–H groups in total. The van der Waals surface area contributed by atoms with Gasteiger partial charge in [-0.1, -0.05) is 6.92 Å². The van der Waals surface area contributed by atoms with Crippen molar-refractivity contribution in [2.24, 2.45) is 0 Å². The van der Waals surface area contributed by atoms with E-state index < -0.39 is 10.0 Å². The lowest BCUT2D eigenvalue weighted by molar-refractivity contribution is 0.257. The van der Waals surface area contributed by atoms with Gasteiger partial charge in [-0.3, -0.25) is 0 Å². The van der Waals surface area contributed by atoms with Crippen LogP contribution in [0.4, 0.5) is 0 Å². The highest BCUT2D eigenvalue weighted by Gasteiger charge is 2.33. The van der Waals surface area contributed by atoms with Gasteiger partial charge in [0, 0.05) is 17.5 Å². The second-order valence-electron chi connectivity index (χ2n) is 4.49. The minimum Gasteiger partial charge on any atom is -0.206 e. The van der Waals surface area contributed by atoms with Crippen molar-refractivity contribution in [3.8, 4) is 0 Å². The molecule has 98 valence electrons. The summed E-state index contributed by atoms with van der Waals surface area (Å²) in [5.41, 5.74) is -0.385. The second-order valence-corrected chi connectivity index (χ2v) is 8.12. The molecule has 0 aliphatic rings. The molecule has 3 nitrogen and oxygen atoms in total. The van der Waals surface area contributed by atoms with Gasteiger partial charge >= 0.3 is 0 Å². The highest BCUT2D eigenvalue weighted by Crippen LogP contribution is 2.30. The number of hydrogen-bond acceptors (Lipinski definition) is 3. The molecule has 0 aliphatic heterocycles. The third-order valence-electron chi connectivity index (χ3n) is 3.10. The molecule has 1 heterocycles. The summed E-state index contributed by atoms with van der Waals surface area (Å²) in [6, 6.07) is 3.39. The summed E-state index contributed by atoms with van der Waals surface area (Å²) in [5.74, 6) is 0.348. The van der Waals surface area contributed by atoms with Crippen molar-refractivity contribution in [1.29, 1.82) is 0 Å². The van der Waals surface area contributed by atoms with E-state index in [1.54, 1.807) is 19.2 Å². The first-order valence-electron chi connectivity index (χ1n) is 5.39. The largest absolute Gasteiger partial charge is 0.252 e. The van der Waals surface area contributed by atoms with Crippen molar-refractivity contribution >= 4 is 33.0 Å². The molecule has 1 aromatic rings. The third-order valence-corrected chi connectivity index (χ3v) is 7.17. The summed E-state index contributed by atoms with van der Waals surface area (Å²) < 4.78 is 26.5. The van der Waals surface area contributed by atoms with Crippen LogP contribution in [-0.4, -0.2) is 25.3 Å². The zero-order valence-electron chi connectivity index (χ0n) is 10.5. The van der Waals surface area contributed by atoms with Gasteiger partial charge in [-0.05, 0) is 32.4 Å². The lowest BCUT2D eigenvalue weighted by Crippen LogP contribution is -2.44. The quantitative estimate of drug-likeness (QED) is 0.782. The number of thiophene rings is 1. The van der Waals surface area contributed by atoms with Crippen LogP contribution in [0.5, 0.6) is 0 Å². The van der Waals surface area contributed by atoms with Crippen LogP contribution in [0, 0.1) is 0 Å². The molecule has 0 spiro atoms. The molecule has 0 unspecified atom stereocenters. The van der Waals surface area contributed by atoms with E-state index in [0.29, 0.717) is 10.1 Å². The van der Waals surface area contributed by atoms with E-state index in [1.165, 1.54) is 15.6 Å². The first kappa shape index (κ1) is 15.0. The summed E-state index contributed by atoms with van der Waals surface area (Å²) in [7, 11) is -1.78. The van der Waals surface area contributed by atoms with Crippen molar-refractivity contribution in [1.82, 2.24) is 4.31 Å². The van der Waals surface area contributed by atoms with E-state index in [9.17, 15) is 8.42 Å². The van der Waals surface area contributed by atoms with Gasteiger partial charge in [-0.15, -0.1) is 22.9 Å². The van der Waals surface area contributed by atoms with Crippen LogP contribution in [0.25, 0.3) is 0 Å². The molecule has 0 aromatic carbocycles. The summed E-state index contributed by atoms with van der Waals surface area (Å²) in [6.45, 7) is 5.81. The maximum Gasteiger partial charge on any atom is 0.252 e. The van der Waals surface area contributed by atoms with Crippen LogP contribution in [-0.2, 0) is 15.9 Å². The van der Waals surface area contributed by atoms with Crippen LogP contribution in [0.15, 0.2) is 16.3 Å². The van der Waals surface area contributed by atoms with Crippen molar-refractivity contribution in [2.75, 3.05) is 7.05 Å². The zero-order valence-corrected chi connectivity index (χ0v) is 12.9. The zero-order chi connectivity index (χ0) is 13.3. The SMILES string of the molecule is CCC(C)(C)N(C)S(=O)(=O)c1ccc(CCl)s1. The van der Waals surface area contributed by atoms with Crippen molar-refractivity contribution < 1.29 is 8.42 Å². The van der Waals surface area contributed by atoms with Gasteiger partial charge in [0.25, 0.3) is 10.0 Å². The highest BCUT2D eigenvalue weighted by atomic mass is 35.5. The van der Waals surface area contributed by atoms with Gasteiger partial charge in [-0.25, -0.2) is 8.42 Å². The van der Waals surface area contributed by atoms with E-state index in [1.807, 2.05) is 20.8 Å². The second kappa shape index (κ2) is 5.26. The monoisotopic (exact) mass is 295 g/mol. The van der Waals surface area contributed by atoms with E-state index >= 15 is 0 Å². The number of sulfonamides is 1. The van der Waals surface area contributed by atoms with Crippen molar-refractivity contribution in [2.45, 2.75) is 42.8 Å². The summed E-state index contributed by atoms with van der Waals surface area (Å²) >= 11 is 6.92. The number of nitrogens with zero attached hydrogens (tertiary/aromatic N) is 1. The number of hydrogen-bond donors (Lipinski definition) is 0. The number of alkyl halides is 1. The van der Waals surface area contributed by atoms with Gasteiger partial charge in [-0.2, -0.15) is 4.31 Å². The molecule has 17 heavy (non-hydrogen) atoms. The van der Waals surface area contributed by atoms with Crippen LogP contribution >= 0.6 is 22.9 Å². The van der Waals surface area contributed by atoms with E-state index in [0.717, 1.165) is 11.3 Å². The molecule has 0 saturated heterocycles. The first-order chi connectivity index (χ1) is 7.75. The first-order valence-corrected chi connectivity index (χ1v) is 8.18. The van der Waals surface area contributed by atoms with Crippen LogP contribution in [0.2, 0.25) is 0 Å². The summed E-state index contributed by atoms with van der Waals surface area (Å²) in [5, 5.41) is 0. The van der Waals surface area contributed by atoms with Crippen LogP contribution < -0.4 is 0 Å². The maximum absolute atomic E-state index is 12.4. The van der Waals surface area contributed by atoms with Gasteiger partial charge < -0.3 is 0 Å². The Kier molecular flexibility index (Phi) is 4.63. The van der Waals surface area contributed by atoms with E-state index in [4.69, 9.17) is 11.6 Å². The Bertz CT molecular complexity index is 479. The lowest BCUT2D eigenvalue weighted by atomic mass is 10.0. The number of halogens is 1. The summed E-state index contributed by atoms with van der Waals surface area (Å²) in [6.07, 6.45) is 0.760. The predicted octanol–water partition coefficient (Wildman–Crippen LogP) is 3.30. The molecule has 0 radical (unpaired) electrons. The summed E-state index contributed by atoms with van der Waals surface area (Å²) in [4.78, 5) is 0.868. The Labute approximate surface area is 112 Å². The molecule has 1 aromatic heterocycles. The molecule has 0 saturated carbocycles. The molecule has 0 amide bonds. The molecule has 0 atom stereocenters. The molecule has 0 bridgehead atoms. The number of rotatable bonds is 5. The topological polar surface area (TPSA) is 37.4 Å². The van der Waals surface area contributed by atoms with Crippen LogP contribution in [0.1, 0.15) is 32.1 Å². The minimum absolute atomic E-state index is 0.348. The average molecular weight is 296 g/mol. The fraction of sp³-hybridized carbons (Fsp3) is 0.636. The third kappa shape index (κ3) is 3.02. The Morgan fingerprint density at radius 3 is 2.41 bits per heavy atom. The van der Waals surface area contributed by atoms with Gasteiger partial charge in [0.15, 0.2) is 0 Å². The Morgan fingerprint density at radius 1 is 1.41 bits per heavy atom. The standard InChI is InChI=1S/C11H18ClNO2S2/c1-5-11(2,3)13(4)17(14,15)10-7-6-9(8-12)16-10/h6-7H,5,8H2,1-4H3. The smallest absolute Gasteiger partial charge is 0.206 e. The maximum atomic E-state index is 12.4. The molecule has 0 aliphatic carbocycles. The fourth-order valence-electron chi connectivity index (χ4n) is 1.25. The Morgan fingerprint density at radius 2 is 2.00 bits per heavy atom. The van der Waals surface area contributed by atoms with Gasteiger partial charge in [0.1, 0.15) is 4.21 Å². The van der Waals surface area contributed by atoms with Crippen LogP contribution in [0.3, 0.4) is 0 Å². The van der Waals surface area contributed by atoms with E-state index in [-0.39, 0.29) is 5.54 Å². The van der Waals surface area contributed by atoms with Gasteiger partial charge in [0.05, 0.1) is 5.88 Å². The molecule has 6 heteroatoms. The molecule has 0 fully saturated rings. The molecular formula is C11H18ClNO2S2. The fourth-order valence-corrected chi connectivity index (χ4v) is 4.46. The Hall–Kier alpha value is -0.100. The average Bonchev–Trinajstić information content (AvgIpc) is 2.77. The van der Waals surface area contributed by atoms with Gasteiger partial charge in [0.2, 0.25) is 0 Å². The predicted molar refractivity (Wildman–Crippen MR) is 73.2 cm³/mol. The Balaban J connectivity index is 3.11. The normalized spacial score (nSPS) is 13.3. The van der Waals surface area contributed by atoms with Crippen molar-refractivity contribution in [3.05, 3.63) is 17.0 Å². The lowest BCUT2D eigenvalue weighted by Gasteiger charge is -2.33. The van der Waals surface area contributed by atoms with E-state index in [2.05, 4.69) is 0 Å². The van der Waals surface area contributed by atoms with Crippen molar-refractivity contribution in [3.63, 3.8) is 0 Å².